The standard InChI is InChI=1S/C19H20FN3O3/c1-12-4-3-5-15(10-12)19(26)21-13(2)18(25)23-22-17(24)11-14-6-8-16(20)9-7-14/h3-10,13H,11H2,1-2H3,(H,21,26)(H,22,24)(H,23,25)/t13-/m0/s1. The zero-order valence-electron chi connectivity index (χ0n) is 14.5. The molecule has 0 unspecified atom stereocenters. The van der Waals surface area contributed by atoms with Crippen molar-refractivity contribution in [1.82, 2.24) is 16.2 Å². The van der Waals surface area contributed by atoms with Gasteiger partial charge in [0.15, 0.2) is 0 Å². The van der Waals surface area contributed by atoms with E-state index in [1.807, 2.05) is 13.0 Å². The summed E-state index contributed by atoms with van der Waals surface area (Å²) in [6, 6.07) is 11.6. The smallest absolute Gasteiger partial charge is 0.260 e. The van der Waals surface area contributed by atoms with Crippen molar-refractivity contribution in [3.63, 3.8) is 0 Å². The van der Waals surface area contributed by atoms with Crippen molar-refractivity contribution in [3.8, 4) is 0 Å². The SMILES string of the molecule is Cc1cccc(C(=O)N[C@@H](C)C(=O)NNC(=O)Cc2ccc(F)cc2)c1. The first-order chi connectivity index (χ1) is 12.3. The third-order valence-electron chi connectivity index (χ3n) is 3.62. The Morgan fingerprint density at radius 1 is 1.04 bits per heavy atom. The summed E-state index contributed by atoms with van der Waals surface area (Å²) in [5.74, 6) is -1.78. The Morgan fingerprint density at radius 2 is 1.73 bits per heavy atom. The lowest BCUT2D eigenvalue weighted by Crippen LogP contribution is -2.51. The van der Waals surface area contributed by atoms with E-state index in [4.69, 9.17) is 0 Å². The van der Waals surface area contributed by atoms with E-state index in [0.717, 1.165) is 5.56 Å². The zero-order chi connectivity index (χ0) is 19.1. The summed E-state index contributed by atoms with van der Waals surface area (Å²) in [4.78, 5) is 35.9. The van der Waals surface area contributed by atoms with Gasteiger partial charge in [-0.05, 0) is 43.7 Å². The fourth-order valence-electron chi connectivity index (χ4n) is 2.20. The molecule has 0 spiro atoms. The first-order valence-electron chi connectivity index (χ1n) is 8.06. The predicted molar refractivity (Wildman–Crippen MR) is 94.5 cm³/mol. The predicted octanol–water partition coefficient (Wildman–Crippen LogP) is 1.64. The molecule has 0 aromatic heterocycles. The summed E-state index contributed by atoms with van der Waals surface area (Å²) in [7, 11) is 0. The topological polar surface area (TPSA) is 87.3 Å². The summed E-state index contributed by atoms with van der Waals surface area (Å²) in [5.41, 5.74) is 6.51. The summed E-state index contributed by atoms with van der Waals surface area (Å²) >= 11 is 0. The Balaban J connectivity index is 1.80. The maximum atomic E-state index is 12.8. The lowest BCUT2D eigenvalue weighted by Gasteiger charge is -2.15. The van der Waals surface area contributed by atoms with Crippen LogP contribution in [-0.2, 0) is 16.0 Å². The van der Waals surface area contributed by atoms with Gasteiger partial charge >= 0.3 is 0 Å². The third-order valence-corrected chi connectivity index (χ3v) is 3.62. The number of carbonyl (C=O) groups excluding carboxylic acids is 3. The van der Waals surface area contributed by atoms with E-state index < -0.39 is 17.9 Å². The molecule has 0 bridgehead atoms. The molecule has 7 heteroatoms. The van der Waals surface area contributed by atoms with Crippen molar-refractivity contribution < 1.29 is 18.8 Å². The van der Waals surface area contributed by atoms with Crippen LogP contribution in [0.5, 0.6) is 0 Å². The molecule has 3 N–H and O–H groups in total. The van der Waals surface area contributed by atoms with Crippen LogP contribution in [0.4, 0.5) is 4.39 Å². The second-order valence-corrected chi connectivity index (χ2v) is 5.91. The Labute approximate surface area is 150 Å². The molecular weight excluding hydrogens is 337 g/mol. The highest BCUT2D eigenvalue weighted by molar-refractivity contribution is 5.97. The highest BCUT2D eigenvalue weighted by Gasteiger charge is 2.17. The van der Waals surface area contributed by atoms with Crippen molar-refractivity contribution in [2.45, 2.75) is 26.3 Å². The van der Waals surface area contributed by atoms with Gasteiger partial charge in [0.05, 0.1) is 6.42 Å². The number of hydrazine groups is 1. The monoisotopic (exact) mass is 357 g/mol. The van der Waals surface area contributed by atoms with Crippen LogP contribution in [0.2, 0.25) is 0 Å². The van der Waals surface area contributed by atoms with Gasteiger partial charge in [-0.3, -0.25) is 25.2 Å². The molecule has 0 aliphatic rings. The lowest BCUT2D eigenvalue weighted by atomic mass is 10.1. The molecule has 0 aliphatic heterocycles. The Kier molecular flexibility index (Phi) is 6.43. The molecule has 6 nitrogen and oxygen atoms in total. The molecule has 0 fully saturated rings. The summed E-state index contributed by atoms with van der Waals surface area (Å²) in [5, 5.41) is 2.56. The van der Waals surface area contributed by atoms with Gasteiger partial charge in [-0.2, -0.15) is 0 Å². The summed E-state index contributed by atoms with van der Waals surface area (Å²) in [6.45, 7) is 3.37. The van der Waals surface area contributed by atoms with Crippen LogP contribution in [0, 0.1) is 12.7 Å². The molecule has 0 heterocycles. The van der Waals surface area contributed by atoms with Crippen LogP contribution in [0.25, 0.3) is 0 Å². The molecule has 0 saturated heterocycles. The van der Waals surface area contributed by atoms with Crippen molar-refractivity contribution in [3.05, 3.63) is 71.0 Å². The molecule has 2 rings (SSSR count). The summed E-state index contributed by atoms with van der Waals surface area (Å²) < 4.78 is 12.8. The second kappa shape index (κ2) is 8.75. The van der Waals surface area contributed by atoms with Crippen LogP contribution in [0.15, 0.2) is 48.5 Å². The number of amides is 3. The maximum Gasteiger partial charge on any atom is 0.260 e. The molecule has 136 valence electrons. The average molecular weight is 357 g/mol. The van der Waals surface area contributed by atoms with Gasteiger partial charge in [-0.1, -0.05) is 29.8 Å². The van der Waals surface area contributed by atoms with E-state index >= 15 is 0 Å². The number of nitrogens with one attached hydrogen (secondary N) is 3. The molecule has 0 aliphatic carbocycles. The van der Waals surface area contributed by atoms with Crippen LogP contribution < -0.4 is 16.2 Å². The van der Waals surface area contributed by atoms with Crippen molar-refractivity contribution in [2.75, 3.05) is 0 Å². The maximum absolute atomic E-state index is 12.8. The largest absolute Gasteiger partial charge is 0.340 e. The first kappa shape index (κ1) is 19.1. The summed E-state index contributed by atoms with van der Waals surface area (Å²) in [6.07, 6.45) is -0.00933. The first-order valence-corrected chi connectivity index (χ1v) is 8.06. The van der Waals surface area contributed by atoms with Crippen molar-refractivity contribution in [1.29, 1.82) is 0 Å². The number of halogens is 1. The molecule has 3 amide bonds. The van der Waals surface area contributed by atoms with Gasteiger partial charge in [-0.15, -0.1) is 0 Å². The average Bonchev–Trinajstić information content (AvgIpc) is 2.61. The van der Waals surface area contributed by atoms with Gasteiger partial charge in [0.2, 0.25) is 5.91 Å². The number of aryl methyl sites for hydroxylation is 1. The molecular formula is C19H20FN3O3. The quantitative estimate of drug-likeness (QED) is 0.711. The minimum absolute atomic E-state index is 0.00933. The van der Waals surface area contributed by atoms with E-state index in [0.29, 0.717) is 11.1 Å². The molecule has 2 aromatic carbocycles. The molecule has 2 aromatic rings. The van der Waals surface area contributed by atoms with Crippen LogP contribution in [0.3, 0.4) is 0 Å². The number of carbonyl (C=O) groups is 3. The number of benzene rings is 2. The van der Waals surface area contributed by atoms with Crippen LogP contribution in [0.1, 0.15) is 28.4 Å². The van der Waals surface area contributed by atoms with E-state index in [9.17, 15) is 18.8 Å². The van der Waals surface area contributed by atoms with Crippen LogP contribution >= 0.6 is 0 Å². The molecule has 1 atom stereocenters. The molecule has 26 heavy (non-hydrogen) atoms. The van der Waals surface area contributed by atoms with E-state index in [2.05, 4.69) is 16.2 Å². The Hall–Kier alpha value is -3.22. The van der Waals surface area contributed by atoms with Crippen LogP contribution in [-0.4, -0.2) is 23.8 Å². The van der Waals surface area contributed by atoms with Gasteiger partial charge in [0, 0.05) is 5.56 Å². The number of hydrogen-bond acceptors (Lipinski definition) is 3. The zero-order valence-corrected chi connectivity index (χ0v) is 14.5. The minimum Gasteiger partial charge on any atom is -0.340 e. The normalized spacial score (nSPS) is 11.3. The van der Waals surface area contributed by atoms with Crippen molar-refractivity contribution in [2.24, 2.45) is 0 Å². The Bertz CT molecular complexity index is 806. The fraction of sp³-hybridized carbons (Fsp3) is 0.211. The van der Waals surface area contributed by atoms with Gasteiger partial charge in [0.25, 0.3) is 11.8 Å². The van der Waals surface area contributed by atoms with Gasteiger partial charge in [-0.25, -0.2) is 4.39 Å². The third kappa shape index (κ3) is 5.70. The molecule has 0 saturated carbocycles. The number of hydrogen-bond donors (Lipinski definition) is 3. The van der Waals surface area contributed by atoms with Crippen molar-refractivity contribution >= 4 is 17.7 Å². The highest BCUT2D eigenvalue weighted by atomic mass is 19.1. The lowest BCUT2D eigenvalue weighted by molar-refractivity contribution is -0.129. The van der Waals surface area contributed by atoms with E-state index in [-0.39, 0.29) is 18.1 Å². The second-order valence-electron chi connectivity index (χ2n) is 5.91. The minimum atomic E-state index is -0.839. The molecule has 0 radical (unpaired) electrons. The highest BCUT2D eigenvalue weighted by Crippen LogP contribution is 2.04. The fourth-order valence-corrected chi connectivity index (χ4v) is 2.20. The van der Waals surface area contributed by atoms with E-state index in [1.165, 1.54) is 31.2 Å². The number of rotatable bonds is 5. The van der Waals surface area contributed by atoms with E-state index in [1.54, 1.807) is 18.2 Å². The van der Waals surface area contributed by atoms with Gasteiger partial charge < -0.3 is 5.32 Å². The Morgan fingerprint density at radius 3 is 2.38 bits per heavy atom. The van der Waals surface area contributed by atoms with Gasteiger partial charge in [0.1, 0.15) is 11.9 Å².